The molecule has 8 nitrogen and oxygen atoms in total. The molecule has 5 aromatic rings. The van der Waals surface area contributed by atoms with E-state index in [1.165, 1.54) is 0 Å². The van der Waals surface area contributed by atoms with E-state index >= 15 is 0 Å². The van der Waals surface area contributed by atoms with Crippen LogP contribution in [0.1, 0.15) is 69.2 Å². The van der Waals surface area contributed by atoms with Crippen LogP contribution >= 0.6 is 0 Å². The van der Waals surface area contributed by atoms with Gasteiger partial charge in [0.1, 0.15) is 0 Å². The lowest BCUT2D eigenvalue weighted by Gasteiger charge is -2.06. The highest BCUT2D eigenvalue weighted by atomic mass is 16.4. The van der Waals surface area contributed by atoms with Gasteiger partial charge in [-0.15, -0.1) is 0 Å². The fourth-order valence-corrected chi connectivity index (χ4v) is 5.37. The van der Waals surface area contributed by atoms with E-state index in [0.717, 1.165) is 51.7 Å². The number of ketones is 1. The van der Waals surface area contributed by atoms with Crippen LogP contribution in [0.2, 0.25) is 0 Å². The number of allylic oxidation sites excluding steroid dienone is 1. The Morgan fingerprint density at radius 1 is 1.10 bits per heavy atom. The highest BCUT2D eigenvalue weighted by Crippen LogP contribution is 2.51. The maximum absolute atomic E-state index is 13.9. The molecule has 3 heterocycles. The number of hydrogen-bond donors (Lipinski definition) is 5. The molecule has 0 amide bonds. The van der Waals surface area contributed by atoms with Gasteiger partial charge in [0, 0.05) is 39.3 Å². The quantitative estimate of drug-likeness (QED) is 0.121. The van der Waals surface area contributed by atoms with Gasteiger partial charge >= 0.3 is 5.97 Å². The van der Waals surface area contributed by atoms with E-state index in [2.05, 4.69) is 9.97 Å². The van der Waals surface area contributed by atoms with Crippen molar-refractivity contribution in [3.8, 4) is 16.9 Å². The number of nitrogens with one attached hydrogen (secondary N) is 2. The fourth-order valence-electron chi connectivity index (χ4n) is 5.37. The number of aromatic carboxylic acids is 1. The van der Waals surface area contributed by atoms with Crippen molar-refractivity contribution in [2.24, 2.45) is 0 Å². The second kappa shape index (κ2) is 9.32. The highest BCUT2D eigenvalue weighted by Gasteiger charge is 2.37. The lowest BCUT2D eigenvalue weighted by atomic mass is 9.96. The van der Waals surface area contributed by atoms with Crippen molar-refractivity contribution in [3.05, 3.63) is 88.1 Å². The van der Waals surface area contributed by atoms with Gasteiger partial charge in [-0.3, -0.25) is 4.79 Å². The highest BCUT2D eigenvalue weighted by molar-refractivity contribution is 6.19. The van der Waals surface area contributed by atoms with Gasteiger partial charge in [0.15, 0.2) is 5.75 Å². The van der Waals surface area contributed by atoms with Crippen molar-refractivity contribution in [1.29, 1.82) is 0 Å². The summed E-state index contributed by atoms with van der Waals surface area (Å²) in [6, 6.07) is 11.4. The minimum Gasteiger partial charge on any atom is -0.504 e. The number of furan rings is 1. The molecule has 0 atom stereocenters. The lowest BCUT2D eigenvalue weighted by molar-refractivity contribution is 0.0661. The number of H-pyrrole nitrogens is 2. The predicted molar refractivity (Wildman–Crippen MR) is 148 cm³/mol. The third-order valence-electron chi connectivity index (χ3n) is 7.55. The van der Waals surface area contributed by atoms with Crippen LogP contribution in [0.15, 0.2) is 58.7 Å². The zero-order valence-corrected chi connectivity index (χ0v) is 21.6. The number of hydrogen-bond acceptors (Lipinski definition) is 5. The first-order chi connectivity index (χ1) is 18.8. The number of carboxylic acids is 1. The van der Waals surface area contributed by atoms with Gasteiger partial charge in [0.05, 0.1) is 17.7 Å². The number of rotatable bonds is 8. The van der Waals surface area contributed by atoms with Crippen LogP contribution in [0.4, 0.5) is 0 Å². The second-order valence-electron chi connectivity index (χ2n) is 10.3. The molecule has 0 spiro atoms. The van der Waals surface area contributed by atoms with E-state index < -0.39 is 29.0 Å². The van der Waals surface area contributed by atoms with E-state index in [0.29, 0.717) is 17.4 Å². The number of aromatic amines is 2. The summed E-state index contributed by atoms with van der Waals surface area (Å²) in [5.74, 6) is -3.10. The first-order valence-electron chi connectivity index (χ1n) is 12.9. The number of benzene rings is 2. The molecule has 39 heavy (non-hydrogen) atoms. The van der Waals surface area contributed by atoms with E-state index in [9.17, 15) is 24.9 Å². The lowest BCUT2D eigenvalue weighted by Crippen LogP contribution is -2.00. The van der Waals surface area contributed by atoms with Crippen molar-refractivity contribution >= 4 is 33.6 Å². The maximum Gasteiger partial charge on any atom is 0.372 e. The Balaban J connectivity index is 1.51. The molecule has 3 aromatic heterocycles. The number of para-hydroxylation sites is 1. The summed E-state index contributed by atoms with van der Waals surface area (Å²) < 4.78 is 5.67. The monoisotopic (exact) mass is 524 g/mol. The van der Waals surface area contributed by atoms with Crippen molar-refractivity contribution in [1.82, 2.24) is 9.97 Å². The van der Waals surface area contributed by atoms with Crippen molar-refractivity contribution in [3.63, 3.8) is 0 Å². The maximum atomic E-state index is 13.9. The summed E-state index contributed by atoms with van der Waals surface area (Å²) >= 11 is 0. The zero-order valence-electron chi connectivity index (χ0n) is 21.6. The summed E-state index contributed by atoms with van der Waals surface area (Å²) in [4.78, 5) is 32.8. The number of carbonyl (C=O) groups excluding carboxylic acids is 1. The summed E-state index contributed by atoms with van der Waals surface area (Å²) in [6.07, 6.45) is 5.96. The third kappa shape index (κ3) is 4.04. The van der Waals surface area contributed by atoms with Gasteiger partial charge in [-0.25, -0.2) is 4.79 Å². The summed E-state index contributed by atoms with van der Waals surface area (Å²) in [7, 11) is 0. The van der Waals surface area contributed by atoms with Crippen LogP contribution in [0.25, 0.3) is 32.9 Å². The zero-order chi connectivity index (χ0) is 27.4. The Bertz CT molecular complexity index is 1810. The normalized spacial score (nSPS) is 14.0. The van der Waals surface area contributed by atoms with Crippen molar-refractivity contribution in [2.75, 3.05) is 6.61 Å². The Morgan fingerprint density at radius 3 is 2.59 bits per heavy atom. The van der Waals surface area contributed by atoms with Crippen molar-refractivity contribution in [2.45, 2.75) is 39.0 Å². The molecular formula is C31H28N2O6. The molecule has 1 aliphatic rings. The van der Waals surface area contributed by atoms with E-state index in [4.69, 9.17) is 4.42 Å². The van der Waals surface area contributed by atoms with Gasteiger partial charge < -0.3 is 29.7 Å². The topological polar surface area (TPSA) is 140 Å². The Morgan fingerprint density at radius 2 is 1.87 bits per heavy atom. The third-order valence-corrected chi connectivity index (χ3v) is 7.55. The van der Waals surface area contributed by atoms with Gasteiger partial charge in [-0.1, -0.05) is 42.0 Å². The molecule has 6 rings (SSSR count). The molecule has 1 saturated carbocycles. The SMILES string of the molecule is CC(=CCc1ccc(C)c2c(C(=O)c3oc(C(=O)O)c(-c4c(C5CC5)[nH]c5ccccc45)c3O)c[nH]c12)CO. The van der Waals surface area contributed by atoms with E-state index in [-0.39, 0.29) is 23.7 Å². The predicted octanol–water partition coefficient (Wildman–Crippen LogP) is 6.21. The average Bonchev–Trinajstić information content (AvgIpc) is 3.41. The molecule has 8 heteroatoms. The fraction of sp³-hybridized carbons (Fsp3) is 0.226. The van der Waals surface area contributed by atoms with Gasteiger partial charge in [0.25, 0.3) is 0 Å². The summed E-state index contributed by atoms with van der Waals surface area (Å²) in [6.45, 7) is 3.69. The van der Waals surface area contributed by atoms with Crippen molar-refractivity contribution < 1.29 is 29.3 Å². The molecule has 198 valence electrons. The molecular weight excluding hydrogens is 496 g/mol. The van der Waals surface area contributed by atoms with Gasteiger partial charge in [-0.05, 0) is 56.2 Å². The Labute approximate surface area is 223 Å². The first-order valence-corrected chi connectivity index (χ1v) is 12.9. The molecule has 2 aromatic carbocycles. The number of carboxylic acid groups (broad SMARTS) is 1. The average molecular weight is 525 g/mol. The van der Waals surface area contributed by atoms with Crippen LogP contribution in [0, 0.1) is 6.92 Å². The number of aryl methyl sites for hydroxylation is 1. The Kier molecular flexibility index (Phi) is 5.92. The summed E-state index contributed by atoms with van der Waals surface area (Å²) in [5.41, 5.74) is 5.91. The molecule has 0 unspecified atom stereocenters. The molecule has 0 saturated heterocycles. The largest absolute Gasteiger partial charge is 0.504 e. The minimum atomic E-state index is -1.37. The smallest absolute Gasteiger partial charge is 0.372 e. The van der Waals surface area contributed by atoms with E-state index in [1.54, 1.807) is 6.20 Å². The number of aromatic nitrogens is 2. The van der Waals surface area contributed by atoms with E-state index in [1.807, 2.05) is 56.3 Å². The van der Waals surface area contributed by atoms with Crippen LogP contribution in [0.5, 0.6) is 5.75 Å². The van der Waals surface area contributed by atoms with Crippen LogP contribution in [-0.4, -0.2) is 43.6 Å². The molecule has 1 fully saturated rings. The second-order valence-corrected chi connectivity index (χ2v) is 10.3. The number of aliphatic hydroxyl groups excluding tert-OH is 1. The van der Waals surface area contributed by atoms with Crippen LogP contribution in [-0.2, 0) is 6.42 Å². The number of aromatic hydroxyl groups is 1. The molecule has 0 radical (unpaired) electrons. The molecule has 0 bridgehead atoms. The Hall–Kier alpha value is -4.56. The van der Waals surface area contributed by atoms with Crippen LogP contribution < -0.4 is 0 Å². The standard InChI is InChI=1S/C31H28N2O6/c1-15(14-34)7-9-17-10-8-16(2)22-20(13-32-25(17)22)27(35)30-28(36)24(29(39-30)31(37)38)23-19-5-3-4-6-21(19)33-26(23)18-11-12-18/h3-8,10,13,18,32-34,36H,9,11-12,14H2,1-2H3,(H,37,38). The first kappa shape index (κ1) is 24.8. The van der Waals surface area contributed by atoms with Crippen LogP contribution in [0.3, 0.4) is 0 Å². The van der Waals surface area contributed by atoms with Gasteiger partial charge in [0.2, 0.25) is 17.3 Å². The number of fused-ring (bicyclic) bond motifs is 2. The molecule has 0 aliphatic heterocycles. The number of aliphatic hydroxyl groups is 1. The molecule has 5 N–H and O–H groups in total. The molecule has 1 aliphatic carbocycles. The summed E-state index contributed by atoms with van der Waals surface area (Å²) in [5, 5.41) is 32.2. The van der Waals surface area contributed by atoms with Gasteiger partial charge in [-0.2, -0.15) is 0 Å². The minimum absolute atomic E-state index is 0.0204. The number of carbonyl (C=O) groups is 2.